The van der Waals surface area contributed by atoms with E-state index in [-0.39, 0.29) is 30.1 Å². The molecule has 0 saturated carbocycles. The highest BCUT2D eigenvalue weighted by molar-refractivity contribution is 14.1. The second kappa shape index (κ2) is 23.7. The molecule has 0 fully saturated rings. The Balaban J connectivity index is 0. The van der Waals surface area contributed by atoms with E-state index < -0.39 is 0 Å². The molecule has 0 spiro atoms. The van der Waals surface area contributed by atoms with E-state index >= 15 is 0 Å². The maximum Gasteiger partial charge on any atom is 0.0776 e. The zero-order valence-corrected chi connectivity index (χ0v) is 22.9. The third-order valence-corrected chi connectivity index (χ3v) is 6.59. The molecule has 0 aliphatic rings. The molecule has 0 rings (SSSR count). The maximum atomic E-state index is 9.21. The van der Waals surface area contributed by atoms with Crippen molar-refractivity contribution in [2.75, 3.05) is 20.6 Å². The second-order valence-electron chi connectivity index (χ2n) is 8.72. The van der Waals surface area contributed by atoms with E-state index in [1.165, 1.54) is 109 Å². The highest BCUT2D eigenvalue weighted by atomic mass is 127. The van der Waals surface area contributed by atoms with Crippen molar-refractivity contribution >= 4 is 22.6 Å². The van der Waals surface area contributed by atoms with Crippen LogP contribution in [0.3, 0.4) is 0 Å². The van der Waals surface area contributed by atoms with Gasteiger partial charge in [-0.3, -0.25) is 0 Å². The van der Waals surface area contributed by atoms with Crippen LogP contribution in [0.4, 0.5) is 0 Å². The van der Waals surface area contributed by atoms with Crippen molar-refractivity contribution in [1.29, 1.82) is 0 Å². The first-order valence-corrected chi connectivity index (χ1v) is 12.9. The van der Waals surface area contributed by atoms with Crippen LogP contribution in [0.1, 0.15) is 116 Å². The van der Waals surface area contributed by atoms with Gasteiger partial charge in [0, 0.05) is 10.3 Å². The van der Waals surface area contributed by atoms with Crippen molar-refractivity contribution in [2.45, 2.75) is 126 Å². The zero-order chi connectivity index (χ0) is 19.5. The minimum atomic E-state index is -0.105. The molecule has 2 atom stereocenters. The van der Waals surface area contributed by atoms with Gasteiger partial charge in [0.25, 0.3) is 0 Å². The van der Waals surface area contributed by atoms with Gasteiger partial charge in [0.05, 0.1) is 26.7 Å². The van der Waals surface area contributed by atoms with Crippen molar-refractivity contribution < 1.29 is 34.0 Å². The fourth-order valence-corrected chi connectivity index (χ4v) is 4.27. The minimum absolute atomic E-state index is 0. The monoisotopic (exact) mass is 609 g/mol. The largest absolute Gasteiger partial charge is 1.00 e. The molecule has 0 aliphatic heterocycles. The lowest BCUT2D eigenvalue weighted by molar-refractivity contribution is -0.858. The summed E-state index contributed by atoms with van der Waals surface area (Å²) in [5.74, 6) is 0. The number of halogens is 2. The smallest absolute Gasteiger partial charge is 0.0776 e. The minimum Gasteiger partial charge on any atom is -1.00 e. The summed E-state index contributed by atoms with van der Waals surface area (Å²) in [6.07, 6.45) is 23.4. The summed E-state index contributed by atoms with van der Waals surface area (Å²) in [6, 6.07) is 0. The van der Waals surface area contributed by atoms with Crippen molar-refractivity contribution in [3.05, 3.63) is 0 Å². The molecule has 0 aliphatic carbocycles. The lowest BCUT2D eigenvalue weighted by Gasteiger charge is -2.11. The van der Waals surface area contributed by atoms with Crippen molar-refractivity contribution in [3.63, 3.8) is 0 Å². The highest BCUT2D eigenvalue weighted by Crippen LogP contribution is 2.17. The Morgan fingerprint density at radius 1 is 0.630 bits per heavy atom. The fourth-order valence-electron chi connectivity index (χ4n) is 3.52. The van der Waals surface area contributed by atoms with Crippen LogP contribution in [-0.2, 0) is 0 Å². The standard InChI is InChI=1S/C23H48INO.HI/c1-22(26)18-16-14-12-10-8-6-4-5-7-9-11-13-15-17-19-23(24)20-21-25(2)3;/h22-23,26H,4-21H2,1-3H3;1H. The Hall–Kier alpha value is 1.38. The van der Waals surface area contributed by atoms with Crippen LogP contribution < -0.4 is 28.9 Å². The molecule has 0 aromatic heterocycles. The summed E-state index contributed by atoms with van der Waals surface area (Å²) in [7, 11) is 4.51. The van der Waals surface area contributed by atoms with E-state index in [0.717, 1.165) is 10.3 Å². The van der Waals surface area contributed by atoms with Gasteiger partial charge in [-0.25, -0.2) is 0 Å². The molecular weight excluding hydrogens is 560 g/mol. The molecule has 0 heterocycles. The average molecular weight is 609 g/mol. The Labute approximate surface area is 202 Å². The van der Waals surface area contributed by atoms with Crippen LogP contribution >= 0.6 is 22.6 Å². The Kier molecular flexibility index (Phi) is 26.8. The van der Waals surface area contributed by atoms with Crippen LogP contribution in [0.5, 0.6) is 0 Å². The van der Waals surface area contributed by atoms with Crippen molar-refractivity contribution in [2.24, 2.45) is 0 Å². The first-order valence-electron chi connectivity index (χ1n) is 11.6. The van der Waals surface area contributed by atoms with E-state index in [4.69, 9.17) is 0 Å². The fraction of sp³-hybridized carbons (Fsp3) is 1.00. The van der Waals surface area contributed by atoms with Gasteiger partial charge in [-0.05, 0) is 19.8 Å². The van der Waals surface area contributed by atoms with Gasteiger partial charge in [-0.1, -0.05) is 112 Å². The predicted octanol–water partition coefficient (Wildman–Crippen LogP) is 2.95. The third-order valence-electron chi connectivity index (χ3n) is 5.35. The number of aliphatic hydroxyl groups excluding tert-OH is 1. The number of rotatable bonds is 20. The van der Waals surface area contributed by atoms with Gasteiger partial charge < -0.3 is 34.0 Å². The van der Waals surface area contributed by atoms with E-state index in [1.807, 2.05) is 6.92 Å². The van der Waals surface area contributed by atoms with Gasteiger partial charge in [0.2, 0.25) is 0 Å². The van der Waals surface area contributed by atoms with E-state index in [1.54, 1.807) is 4.90 Å². The summed E-state index contributed by atoms with van der Waals surface area (Å²) < 4.78 is 0.890. The molecule has 4 heteroatoms. The van der Waals surface area contributed by atoms with Crippen LogP contribution in [0, 0.1) is 0 Å². The van der Waals surface area contributed by atoms with E-state index in [9.17, 15) is 5.11 Å². The van der Waals surface area contributed by atoms with Crippen LogP contribution in [-0.4, -0.2) is 35.8 Å². The van der Waals surface area contributed by atoms with Crippen LogP contribution in [0.2, 0.25) is 0 Å². The summed E-state index contributed by atoms with van der Waals surface area (Å²) in [6.45, 7) is 3.21. The lowest BCUT2D eigenvalue weighted by atomic mass is 10.0. The van der Waals surface area contributed by atoms with Crippen LogP contribution in [0.25, 0.3) is 0 Å². The summed E-state index contributed by atoms with van der Waals surface area (Å²) in [5.41, 5.74) is 0. The molecule has 0 aromatic carbocycles. The van der Waals surface area contributed by atoms with Gasteiger partial charge in [0.15, 0.2) is 0 Å². The molecule has 27 heavy (non-hydrogen) atoms. The number of hydrogen-bond donors (Lipinski definition) is 2. The lowest BCUT2D eigenvalue weighted by Crippen LogP contribution is -3.05. The second-order valence-corrected chi connectivity index (χ2v) is 10.5. The molecule has 2 N–H and O–H groups in total. The zero-order valence-electron chi connectivity index (χ0n) is 18.6. The average Bonchev–Trinajstić information content (AvgIpc) is 2.59. The molecule has 2 unspecified atom stereocenters. The van der Waals surface area contributed by atoms with Gasteiger partial charge in [-0.15, -0.1) is 0 Å². The maximum absolute atomic E-state index is 9.21. The number of quaternary nitrogens is 1. The Morgan fingerprint density at radius 2 is 0.963 bits per heavy atom. The first-order chi connectivity index (χ1) is 12.5. The Morgan fingerprint density at radius 3 is 1.30 bits per heavy atom. The van der Waals surface area contributed by atoms with Crippen LogP contribution in [0.15, 0.2) is 0 Å². The molecular formula is C23H49I2NO. The molecule has 2 nitrogen and oxygen atoms in total. The third kappa shape index (κ3) is 27.4. The van der Waals surface area contributed by atoms with Crippen molar-refractivity contribution in [3.8, 4) is 0 Å². The highest BCUT2D eigenvalue weighted by Gasteiger charge is 2.05. The number of unbranched alkanes of at least 4 members (excludes halogenated alkanes) is 13. The molecule has 0 saturated heterocycles. The predicted molar refractivity (Wildman–Crippen MR) is 126 cm³/mol. The number of alkyl halides is 1. The molecule has 0 aromatic rings. The number of hydrogen-bond acceptors (Lipinski definition) is 1. The van der Waals surface area contributed by atoms with E-state index in [2.05, 4.69) is 36.7 Å². The summed E-state index contributed by atoms with van der Waals surface area (Å²) in [5, 5.41) is 9.21. The molecule has 0 amide bonds. The Bertz CT molecular complexity index is 275. The van der Waals surface area contributed by atoms with Gasteiger partial charge >= 0.3 is 0 Å². The SMILES string of the molecule is CC(O)CCCCCCCCCCCCCCCCC(I)CC[NH+](C)C.[I-]. The quantitative estimate of drug-likeness (QED) is 0.124. The first kappa shape index (κ1) is 30.6. The number of aliphatic hydroxyl groups is 1. The summed E-state index contributed by atoms with van der Waals surface area (Å²) in [4.78, 5) is 1.58. The summed E-state index contributed by atoms with van der Waals surface area (Å²) >= 11 is 2.65. The van der Waals surface area contributed by atoms with Gasteiger partial charge in [0.1, 0.15) is 0 Å². The van der Waals surface area contributed by atoms with Gasteiger partial charge in [-0.2, -0.15) is 0 Å². The normalized spacial score (nSPS) is 13.6. The topological polar surface area (TPSA) is 24.7 Å². The molecule has 0 radical (unpaired) electrons. The van der Waals surface area contributed by atoms with Crippen molar-refractivity contribution in [1.82, 2.24) is 0 Å². The van der Waals surface area contributed by atoms with E-state index in [0.29, 0.717) is 0 Å². The molecule has 166 valence electrons. The number of nitrogens with one attached hydrogen (secondary N) is 1. The molecule has 0 bridgehead atoms.